The molecule has 0 radical (unpaired) electrons. The summed E-state index contributed by atoms with van der Waals surface area (Å²) in [5, 5.41) is 7.89. The van der Waals surface area contributed by atoms with E-state index in [1.165, 1.54) is 10.4 Å². The third-order valence-corrected chi connectivity index (χ3v) is 5.98. The predicted molar refractivity (Wildman–Crippen MR) is 73.7 cm³/mol. The van der Waals surface area contributed by atoms with E-state index in [1.54, 1.807) is 13.0 Å². The highest BCUT2D eigenvalue weighted by atomic mass is 32.2. The van der Waals surface area contributed by atoms with Gasteiger partial charge in [-0.05, 0) is 37.0 Å². The average Bonchev–Trinajstić information content (AvgIpc) is 2.93. The van der Waals surface area contributed by atoms with Gasteiger partial charge in [0.2, 0.25) is 10.0 Å². The first-order chi connectivity index (χ1) is 9.91. The summed E-state index contributed by atoms with van der Waals surface area (Å²) in [6.45, 7) is 1.93. The molecule has 2 atom stereocenters. The molecule has 7 heteroatoms. The molecule has 0 unspecified atom stereocenters. The molecule has 0 aliphatic carbocycles. The Kier molecular flexibility index (Phi) is 4.59. The molecule has 2 rings (SSSR count). The van der Waals surface area contributed by atoms with Crippen molar-refractivity contribution < 1.29 is 17.2 Å². The van der Waals surface area contributed by atoms with E-state index in [4.69, 9.17) is 5.26 Å². The minimum Gasteiger partial charge on any atom is -0.211 e. The van der Waals surface area contributed by atoms with Crippen LogP contribution in [0.3, 0.4) is 0 Å². The summed E-state index contributed by atoms with van der Waals surface area (Å²) in [5.74, 6) is -1.96. The summed E-state index contributed by atoms with van der Waals surface area (Å²) >= 11 is 0. The van der Waals surface area contributed by atoms with Crippen LogP contribution in [-0.4, -0.2) is 24.5 Å². The lowest BCUT2D eigenvalue weighted by atomic mass is 10.1. The highest BCUT2D eigenvalue weighted by Gasteiger charge is 2.39. The number of rotatable bonds is 4. The molecule has 114 valence electrons. The first-order valence-electron chi connectivity index (χ1n) is 6.77. The molecule has 1 aromatic rings. The van der Waals surface area contributed by atoms with Crippen molar-refractivity contribution in [1.82, 2.24) is 4.31 Å². The standard InChI is InChI=1S/C14H16F2N2O2S/c1-2-11(9-17)21(19,20)18-7-3-4-14(18)10-5-6-12(15)13(16)8-10/h5-6,8,11,14H,2-4,7H2,1H3/t11-,14+/m0/s1. The minimum atomic E-state index is -3.77. The lowest BCUT2D eigenvalue weighted by Crippen LogP contribution is -2.37. The number of hydrogen-bond donors (Lipinski definition) is 0. The lowest BCUT2D eigenvalue weighted by molar-refractivity contribution is 0.390. The van der Waals surface area contributed by atoms with Crippen molar-refractivity contribution in [1.29, 1.82) is 5.26 Å². The zero-order valence-corrected chi connectivity index (χ0v) is 12.4. The second-order valence-corrected chi connectivity index (χ2v) is 7.08. The van der Waals surface area contributed by atoms with Crippen molar-refractivity contribution >= 4 is 10.0 Å². The molecule has 1 saturated heterocycles. The van der Waals surface area contributed by atoms with Crippen LogP contribution < -0.4 is 0 Å². The number of nitrogens with zero attached hydrogens (tertiary/aromatic N) is 2. The van der Waals surface area contributed by atoms with E-state index in [9.17, 15) is 17.2 Å². The Morgan fingerprint density at radius 2 is 2.14 bits per heavy atom. The van der Waals surface area contributed by atoms with E-state index in [-0.39, 0.29) is 6.42 Å². The topological polar surface area (TPSA) is 61.2 Å². The van der Waals surface area contributed by atoms with E-state index in [2.05, 4.69) is 0 Å². The number of halogens is 2. The van der Waals surface area contributed by atoms with Crippen LogP contribution in [0.25, 0.3) is 0 Å². The van der Waals surface area contributed by atoms with Crippen LogP contribution in [0.15, 0.2) is 18.2 Å². The van der Waals surface area contributed by atoms with Gasteiger partial charge in [-0.1, -0.05) is 13.0 Å². The van der Waals surface area contributed by atoms with Crippen LogP contribution in [0.2, 0.25) is 0 Å². The quantitative estimate of drug-likeness (QED) is 0.858. The molecule has 0 spiro atoms. The summed E-state index contributed by atoms with van der Waals surface area (Å²) in [7, 11) is -3.77. The van der Waals surface area contributed by atoms with Crippen molar-refractivity contribution in [3.63, 3.8) is 0 Å². The van der Waals surface area contributed by atoms with E-state index in [0.29, 0.717) is 24.9 Å². The number of benzene rings is 1. The molecular weight excluding hydrogens is 298 g/mol. The van der Waals surface area contributed by atoms with Crippen LogP contribution in [-0.2, 0) is 10.0 Å². The lowest BCUT2D eigenvalue weighted by Gasteiger charge is -2.26. The highest BCUT2D eigenvalue weighted by Crippen LogP contribution is 2.36. The van der Waals surface area contributed by atoms with Crippen molar-refractivity contribution in [2.24, 2.45) is 0 Å². The van der Waals surface area contributed by atoms with E-state index in [1.807, 2.05) is 0 Å². The molecule has 0 N–H and O–H groups in total. The number of hydrogen-bond acceptors (Lipinski definition) is 3. The van der Waals surface area contributed by atoms with Gasteiger partial charge in [0.15, 0.2) is 16.9 Å². The second kappa shape index (κ2) is 6.08. The third kappa shape index (κ3) is 2.92. The van der Waals surface area contributed by atoms with E-state index >= 15 is 0 Å². The molecule has 1 aromatic carbocycles. The Morgan fingerprint density at radius 1 is 1.43 bits per heavy atom. The number of sulfonamides is 1. The second-order valence-electron chi connectivity index (χ2n) is 5.01. The van der Waals surface area contributed by atoms with Crippen LogP contribution in [0.5, 0.6) is 0 Å². The Labute approximate surface area is 123 Å². The molecule has 1 heterocycles. The van der Waals surface area contributed by atoms with Gasteiger partial charge in [-0.25, -0.2) is 17.2 Å². The van der Waals surface area contributed by atoms with Gasteiger partial charge < -0.3 is 0 Å². The Hall–Kier alpha value is -1.52. The van der Waals surface area contributed by atoms with Gasteiger partial charge in [0.25, 0.3) is 0 Å². The van der Waals surface area contributed by atoms with Gasteiger partial charge in [-0.3, -0.25) is 0 Å². The van der Waals surface area contributed by atoms with Gasteiger partial charge >= 0.3 is 0 Å². The van der Waals surface area contributed by atoms with Crippen LogP contribution in [0.4, 0.5) is 8.78 Å². The molecule has 1 aliphatic rings. The van der Waals surface area contributed by atoms with Crippen molar-refractivity contribution in [3.8, 4) is 6.07 Å². The molecule has 21 heavy (non-hydrogen) atoms. The maximum absolute atomic E-state index is 13.4. The fourth-order valence-electron chi connectivity index (χ4n) is 2.63. The summed E-state index contributed by atoms with van der Waals surface area (Å²) in [6, 6.07) is 4.68. The maximum Gasteiger partial charge on any atom is 0.231 e. The molecule has 0 saturated carbocycles. The Bertz CT molecular complexity index is 670. The summed E-state index contributed by atoms with van der Waals surface area (Å²) in [5.41, 5.74) is 0.419. The van der Waals surface area contributed by atoms with Crippen molar-refractivity contribution in [3.05, 3.63) is 35.4 Å². The summed E-state index contributed by atoms with van der Waals surface area (Å²) in [4.78, 5) is 0. The molecule has 0 amide bonds. The van der Waals surface area contributed by atoms with Gasteiger partial charge in [-0.15, -0.1) is 0 Å². The van der Waals surface area contributed by atoms with E-state index in [0.717, 1.165) is 12.1 Å². The zero-order chi connectivity index (χ0) is 15.6. The SMILES string of the molecule is CC[C@@H](C#N)S(=O)(=O)N1CCC[C@@H]1c1ccc(F)c(F)c1. The highest BCUT2D eigenvalue weighted by molar-refractivity contribution is 7.90. The predicted octanol–water partition coefficient (Wildman–Crippen LogP) is 2.73. The van der Waals surface area contributed by atoms with Gasteiger partial charge in [0.1, 0.15) is 0 Å². The molecule has 0 aromatic heterocycles. The molecule has 0 bridgehead atoms. The fourth-order valence-corrected chi connectivity index (χ4v) is 4.48. The van der Waals surface area contributed by atoms with Gasteiger partial charge in [0.05, 0.1) is 6.07 Å². The third-order valence-electron chi connectivity index (χ3n) is 3.73. The Balaban J connectivity index is 2.37. The summed E-state index contributed by atoms with van der Waals surface area (Å²) in [6.07, 6.45) is 1.36. The van der Waals surface area contributed by atoms with Gasteiger partial charge in [-0.2, -0.15) is 9.57 Å². The van der Waals surface area contributed by atoms with E-state index < -0.39 is 32.9 Å². The normalized spacial score (nSPS) is 21.1. The fraction of sp³-hybridized carbons (Fsp3) is 0.500. The van der Waals surface area contributed by atoms with Crippen LogP contribution >= 0.6 is 0 Å². The van der Waals surface area contributed by atoms with Crippen molar-refractivity contribution in [2.75, 3.05) is 6.54 Å². The average molecular weight is 314 g/mol. The maximum atomic E-state index is 13.4. The van der Waals surface area contributed by atoms with Crippen LogP contribution in [0.1, 0.15) is 37.8 Å². The Morgan fingerprint density at radius 3 is 2.71 bits per heavy atom. The number of nitriles is 1. The van der Waals surface area contributed by atoms with Crippen LogP contribution in [0, 0.1) is 23.0 Å². The largest absolute Gasteiger partial charge is 0.231 e. The minimum absolute atomic E-state index is 0.194. The first-order valence-corrected chi connectivity index (χ1v) is 8.27. The van der Waals surface area contributed by atoms with Crippen molar-refractivity contribution in [2.45, 2.75) is 37.5 Å². The first kappa shape index (κ1) is 15.9. The molecular formula is C14H16F2N2O2S. The molecule has 1 aliphatic heterocycles. The molecule has 4 nitrogen and oxygen atoms in total. The smallest absolute Gasteiger partial charge is 0.211 e. The monoisotopic (exact) mass is 314 g/mol. The van der Waals surface area contributed by atoms with Gasteiger partial charge in [0, 0.05) is 12.6 Å². The zero-order valence-electron chi connectivity index (χ0n) is 11.6. The summed E-state index contributed by atoms with van der Waals surface area (Å²) < 4.78 is 52.5. The molecule has 1 fully saturated rings.